The molecule has 2 rings (SSSR count). The molecule has 2 aromatic rings. The Kier molecular flexibility index (Phi) is 3.07. The van der Waals surface area contributed by atoms with Crippen LogP contribution in [-0.4, -0.2) is 16.1 Å². The molecule has 15 heavy (non-hydrogen) atoms. The van der Waals surface area contributed by atoms with Crippen molar-refractivity contribution in [3.8, 4) is 10.8 Å². The third-order valence-corrected chi connectivity index (χ3v) is 3.48. The number of nitrogens with zero attached hydrogens (tertiary/aromatic N) is 2. The molecule has 2 heterocycles. The van der Waals surface area contributed by atoms with Crippen molar-refractivity contribution < 1.29 is 4.42 Å². The SMILES string of the molecule is Cc1cc(-c2nnc(CCCl)o2)sc1C. The maximum atomic E-state index is 5.60. The Labute approximate surface area is 97.1 Å². The van der Waals surface area contributed by atoms with Gasteiger partial charge in [0.1, 0.15) is 0 Å². The van der Waals surface area contributed by atoms with Crippen LogP contribution in [0.1, 0.15) is 16.3 Å². The summed E-state index contributed by atoms with van der Waals surface area (Å²) in [5, 5.41) is 7.92. The van der Waals surface area contributed by atoms with Crippen molar-refractivity contribution in [2.45, 2.75) is 20.3 Å². The quantitative estimate of drug-likeness (QED) is 0.776. The molecule has 0 aliphatic carbocycles. The second kappa shape index (κ2) is 4.33. The van der Waals surface area contributed by atoms with Crippen LogP contribution in [-0.2, 0) is 6.42 Å². The first kappa shape index (κ1) is 10.6. The number of aryl methyl sites for hydroxylation is 3. The molecule has 0 aromatic carbocycles. The van der Waals surface area contributed by atoms with Crippen LogP contribution in [0.2, 0.25) is 0 Å². The summed E-state index contributed by atoms with van der Waals surface area (Å²) in [5.41, 5.74) is 1.26. The summed E-state index contributed by atoms with van der Waals surface area (Å²) in [6.45, 7) is 4.16. The van der Waals surface area contributed by atoms with E-state index in [4.69, 9.17) is 16.0 Å². The van der Waals surface area contributed by atoms with Crippen LogP contribution in [0.15, 0.2) is 10.5 Å². The molecule has 3 nitrogen and oxygen atoms in total. The van der Waals surface area contributed by atoms with Gasteiger partial charge in [-0.25, -0.2) is 0 Å². The molecular weight excluding hydrogens is 232 g/mol. The van der Waals surface area contributed by atoms with Gasteiger partial charge in [-0.1, -0.05) is 0 Å². The monoisotopic (exact) mass is 242 g/mol. The van der Waals surface area contributed by atoms with Crippen molar-refractivity contribution in [3.05, 3.63) is 22.4 Å². The molecule has 2 aromatic heterocycles. The number of rotatable bonds is 3. The molecule has 0 radical (unpaired) electrons. The standard InChI is InChI=1S/C10H11ClN2OS/c1-6-5-8(15-7(6)2)10-13-12-9(14-10)3-4-11/h5H,3-4H2,1-2H3. The molecule has 0 amide bonds. The highest BCUT2D eigenvalue weighted by Gasteiger charge is 2.11. The molecule has 5 heteroatoms. The first-order valence-corrected chi connectivity index (χ1v) is 6.01. The minimum atomic E-state index is 0.504. The second-order valence-corrected chi connectivity index (χ2v) is 4.92. The van der Waals surface area contributed by atoms with Gasteiger partial charge in [0.2, 0.25) is 5.89 Å². The number of alkyl halides is 1. The van der Waals surface area contributed by atoms with E-state index in [9.17, 15) is 0 Å². The van der Waals surface area contributed by atoms with Crippen molar-refractivity contribution in [1.82, 2.24) is 10.2 Å². The van der Waals surface area contributed by atoms with Gasteiger partial charge in [0.25, 0.3) is 5.89 Å². The highest BCUT2D eigenvalue weighted by atomic mass is 35.5. The lowest BCUT2D eigenvalue weighted by Crippen LogP contribution is -1.84. The second-order valence-electron chi connectivity index (χ2n) is 3.29. The molecular formula is C10H11ClN2OS. The van der Waals surface area contributed by atoms with Crippen LogP contribution < -0.4 is 0 Å². The van der Waals surface area contributed by atoms with Crippen molar-refractivity contribution in [3.63, 3.8) is 0 Å². The van der Waals surface area contributed by atoms with Gasteiger partial charge in [-0.15, -0.1) is 33.1 Å². The van der Waals surface area contributed by atoms with E-state index in [0.29, 0.717) is 24.1 Å². The Balaban J connectivity index is 2.28. The molecule has 0 saturated heterocycles. The Morgan fingerprint density at radius 2 is 2.20 bits per heavy atom. The topological polar surface area (TPSA) is 38.9 Å². The highest BCUT2D eigenvalue weighted by molar-refractivity contribution is 7.15. The number of hydrogen-bond donors (Lipinski definition) is 0. The van der Waals surface area contributed by atoms with Crippen molar-refractivity contribution >= 4 is 22.9 Å². The molecule has 80 valence electrons. The Morgan fingerprint density at radius 1 is 1.40 bits per heavy atom. The van der Waals surface area contributed by atoms with E-state index >= 15 is 0 Å². The van der Waals surface area contributed by atoms with Gasteiger partial charge >= 0.3 is 0 Å². The fourth-order valence-corrected chi connectivity index (χ4v) is 2.33. The largest absolute Gasteiger partial charge is 0.420 e. The van der Waals surface area contributed by atoms with E-state index in [0.717, 1.165) is 4.88 Å². The normalized spacial score (nSPS) is 10.9. The van der Waals surface area contributed by atoms with E-state index in [1.54, 1.807) is 11.3 Å². The van der Waals surface area contributed by atoms with Crippen LogP contribution in [0, 0.1) is 13.8 Å². The zero-order valence-corrected chi connectivity index (χ0v) is 10.2. The Hall–Kier alpha value is -0.870. The summed E-state index contributed by atoms with van der Waals surface area (Å²) in [6.07, 6.45) is 0.623. The Morgan fingerprint density at radius 3 is 2.80 bits per heavy atom. The van der Waals surface area contributed by atoms with Gasteiger partial charge < -0.3 is 4.42 Å². The first-order chi connectivity index (χ1) is 7.20. The summed E-state index contributed by atoms with van der Waals surface area (Å²) >= 11 is 7.27. The predicted octanol–water partition coefficient (Wildman–Crippen LogP) is 3.20. The van der Waals surface area contributed by atoms with Crippen LogP contribution in [0.3, 0.4) is 0 Å². The van der Waals surface area contributed by atoms with E-state index in [1.165, 1.54) is 10.4 Å². The first-order valence-electron chi connectivity index (χ1n) is 4.66. The van der Waals surface area contributed by atoms with E-state index in [1.807, 2.05) is 0 Å². The summed E-state index contributed by atoms with van der Waals surface area (Å²) in [4.78, 5) is 2.31. The van der Waals surface area contributed by atoms with Gasteiger partial charge in [-0.3, -0.25) is 0 Å². The number of thiophene rings is 1. The van der Waals surface area contributed by atoms with Crippen LogP contribution in [0.4, 0.5) is 0 Å². The molecule has 0 N–H and O–H groups in total. The van der Waals surface area contributed by atoms with E-state index in [2.05, 4.69) is 30.1 Å². The average Bonchev–Trinajstić information content (AvgIpc) is 2.76. The smallest absolute Gasteiger partial charge is 0.257 e. The summed E-state index contributed by atoms with van der Waals surface area (Å²) in [5.74, 6) is 1.70. The molecule has 0 spiro atoms. The molecule has 0 aliphatic rings. The van der Waals surface area contributed by atoms with Gasteiger partial charge in [0.15, 0.2) is 0 Å². The lowest BCUT2D eigenvalue weighted by Gasteiger charge is -1.86. The van der Waals surface area contributed by atoms with Gasteiger partial charge in [0, 0.05) is 17.2 Å². The predicted molar refractivity (Wildman–Crippen MR) is 61.5 cm³/mol. The van der Waals surface area contributed by atoms with Crippen LogP contribution in [0.5, 0.6) is 0 Å². The third kappa shape index (κ3) is 2.21. The zero-order valence-electron chi connectivity index (χ0n) is 8.58. The fraction of sp³-hybridized carbons (Fsp3) is 0.400. The van der Waals surface area contributed by atoms with Crippen molar-refractivity contribution in [1.29, 1.82) is 0 Å². The van der Waals surface area contributed by atoms with E-state index < -0.39 is 0 Å². The van der Waals surface area contributed by atoms with Crippen LogP contribution in [0.25, 0.3) is 10.8 Å². The third-order valence-electron chi connectivity index (χ3n) is 2.15. The summed E-state index contributed by atoms with van der Waals surface area (Å²) in [6, 6.07) is 2.07. The highest BCUT2D eigenvalue weighted by Crippen LogP contribution is 2.29. The van der Waals surface area contributed by atoms with Crippen LogP contribution >= 0.6 is 22.9 Å². The molecule has 0 bridgehead atoms. The molecule has 0 saturated carbocycles. The summed E-state index contributed by atoms with van der Waals surface area (Å²) in [7, 11) is 0. The lowest BCUT2D eigenvalue weighted by atomic mass is 10.3. The average molecular weight is 243 g/mol. The zero-order chi connectivity index (χ0) is 10.8. The maximum absolute atomic E-state index is 5.60. The maximum Gasteiger partial charge on any atom is 0.257 e. The molecule has 0 aliphatic heterocycles. The Bertz CT molecular complexity index is 444. The van der Waals surface area contributed by atoms with Gasteiger partial charge in [-0.05, 0) is 25.5 Å². The fourth-order valence-electron chi connectivity index (χ4n) is 1.21. The van der Waals surface area contributed by atoms with E-state index in [-0.39, 0.29) is 0 Å². The number of halogens is 1. The molecule has 0 atom stereocenters. The minimum absolute atomic E-state index is 0.504. The minimum Gasteiger partial charge on any atom is -0.420 e. The molecule has 0 unspecified atom stereocenters. The van der Waals surface area contributed by atoms with Gasteiger partial charge in [-0.2, -0.15) is 0 Å². The van der Waals surface area contributed by atoms with Crippen molar-refractivity contribution in [2.24, 2.45) is 0 Å². The number of hydrogen-bond acceptors (Lipinski definition) is 4. The molecule has 0 fully saturated rings. The summed E-state index contributed by atoms with van der Waals surface area (Å²) < 4.78 is 5.48. The van der Waals surface area contributed by atoms with Crippen molar-refractivity contribution in [2.75, 3.05) is 5.88 Å². The van der Waals surface area contributed by atoms with Gasteiger partial charge in [0.05, 0.1) is 4.88 Å². The lowest BCUT2D eigenvalue weighted by molar-refractivity contribution is 0.515. The number of aromatic nitrogens is 2.